The minimum Gasteiger partial charge on any atom is -0.398 e. The standard InChI is InChI=1S/C14H15BrN2O2S/c1-10-6-12(15)8-13(7-10)17-20(18,19)9-11-4-2-3-5-14(11)16/h2-8,17H,9,16H2,1H3. The molecule has 2 aromatic rings. The molecule has 6 heteroatoms. The Morgan fingerprint density at radius 2 is 1.90 bits per heavy atom. The van der Waals surface area contributed by atoms with Crippen molar-refractivity contribution in [3.05, 3.63) is 58.1 Å². The normalized spacial score (nSPS) is 11.3. The van der Waals surface area contributed by atoms with Crippen molar-refractivity contribution in [3.8, 4) is 0 Å². The zero-order valence-electron chi connectivity index (χ0n) is 10.9. The number of aryl methyl sites for hydroxylation is 1. The molecule has 0 saturated heterocycles. The number of sulfonamides is 1. The van der Waals surface area contributed by atoms with E-state index >= 15 is 0 Å². The fourth-order valence-electron chi connectivity index (χ4n) is 1.88. The van der Waals surface area contributed by atoms with Crippen molar-refractivity contribution in [3.63, 3.8) is 0 Å². The highest BCUT2D eigenvalue weighted by atomic mass is 79.9. The molecule has 0 heterocycles. The number of nitrogens with one attached hydrogen (secondary N) is 1. The van der Waals surface area contributed by atoms with E-state index in [0.29, 0.717) is 16.9 Å². The first-order valence-electron chi connectivity index (χ1n) is 5.97. The van der Waals surface area contributed by atoms with Crippen LogP contribution < -0.4 is 10.5 Å². The van der Waals surface area contributed by atoms with Gasteiger partial charge in [0.25, 0.3) is 0 Å². The number of hydrogen-bond acceptors (Lipinski definition) is 3. The summed E-state index contributed by atoms with van der Waals surface area (Å²) in [5.74, 6) is -0.148. The van der Waals surface area contributed by atoms with Crippen LogP contribution in [0.2, 0.25) is 0 Å². The molecular formula is C14H15BrN2O2S. The van der Waals surface area contributed by atoms with Gasteiger partial charge in [-0.1, -0.05) is 34.1 Å². The molecule has 4 nitrogen and oxygen atoms in total. The minimum absolute atomic E-state index is 0.148. The number of halogens is 1. The third-order valence-electron chi connectivity index (χ3n) is 2.72. The molecule has 0 bridgehead atoms. The van der Waals surface area contributed by atoms with Crippen molar-refractivity contribution in [2.24, 2.45) is 0 Å². The van der Waals surface area contributed by atoms with Gasteiger partial charge in [0.15, 0.2) is 0 Å². The van der Waals surface area contributed by atoms with Crippen molar-refractivity contribution < 1.29 is 8.42 Å². The fourth-order valence-corrected chi connectivity index (χ4v) is 3.71. The average molecular weight is 355 g/mol. The number of hydrogen-bond donors (Lipinski definition) is 2. The van der Waals surface area contributed by atoms with E-state index in [4.69, 9.17) is 5.73 Å². The first kappa shape index (κ1) is 14.9. The Morgan fingerprint density at radius 3 is 2.55 bits per heavy atom. The van der Waals surface area contributed by atoms with Crippen LogP contribution in [0.1, 0.15) is 11.1 Å². The molecule has 0 aliphatic heterocycles. The number of anilines is 2. The van der Waals surface area contributed by atoms with Crippen LogP contribution in [0.5, 0.6) is 0 Å². The van der Waals surface area contributed by atoms with E-state index < -0.39 is 10.0 Å². The van der Waals surface area contributed by atoms with E-state index in [1.54, 1.807) is 36.4 Å². The quantitative estimate of drug-likeness (QED) is 0.827. The molecule has 0 spiro atoms. The molecule has 106 valence electrons. The molecule has 2 rings (SSSR count). The first-order chi connectivity index (χ1) is 9.35. The van der Waals surface area contributed by atoms with Crippen molar-refractivity contribution in [2.45, 2.75) is 12.7 Å². The number of rotatable bonds is 4. The summed E-state index contributed by atoms with van der Waals surface area (Å²) in [7, 11) is -3.49. The Labute approximate surface area is 127 Å². The van der Waals surface area contributed by atoms with Gasteiger partial charge in [-0.3, -0.25) is 4.72 Å². The molecule has 0 unspecified atom stereocenters. The lowest BCUT2D eigenvalue weighted by Crippen LogP contribution is -2.16. The van der Waals surface area contributed by atoms with Crippen LogP contribution in [0.3, 0.4) is 0 Å². The van der Waals surface area contributed by atoms with Crippen molar-refractivity contribution >= 4 is 37.3 Å². The lowest BCUT2D eigenvalue weighted by atomic mass is 10.2. The van der Waals surface area contributed by atoms with Crippen LogP contribution >= 0.6 is 15.9 Å². The maximum absolute atomic E-state index is 12.2. The van der Waals surface area contributed by atoms with E-state index in [2.05, 4.69) is 20.7 Å². The summed E-state index contributed by atoms with van der Waals surface area (Å²) in [6.45, 7) is 1.90. The second kappa shape index (κ2) is 5.85. The second-order valence-electron chi connectivity index (χ2n) is 4.58. The van der Waals surface area contributed by atoms with Crippen LogP contribution in [0.4, 0.5) is 11.4 Å². The molecule has 0 aromatic heterocycles. The molecule has 0 radical (unpaired) electrons. The van der Waals surface area contributed by atoms with Gasteiger partial charge < -0.3 is 5.73 Å². The van der Waals surface area contributed by atoms with Gasteiger partial charge in [-0.25, -0.2) is 8.42 Å². The zero-order chi connectivity index (χ0) is 14.8. The Morgan fingerprint density at radius 1 is 1.20 bits per heavy atom. The highest BCUT2D eigenvalue weighted by Gasteiger charge is 2.13. The summed E-state index contributed by atoms with van der Waals surface area (Å²) in [5, 5.41) is 0. The molecule has 20 heavy (non-hydrogen) atoms. The second-order valence-corrected chi connectivity index (χ2v) is 7.22. The minimum atomic E-state index is -3.49. The van der Waals surface area contributed by atoms with Crippen LogP contribution in [-0.2, 0) is 15.8 Å². The lowest BCUT2D eigenvalue weighted by molar-refractivity contribution is 0.600. The summed E-state index contributed by atoms with van der Waals surface area (Å²) in [4.78, 5) is 0. The highest BCUT2D eigenvalue weighted by Crippen LogP contribution is 2.21. The van der Waals surface area contributed by atoms with E-state index in [9.17, 15) is 8.42 Å². The Kier molecular flexibility index (Phi) is 4.35. The molecule has 0 fully saturated rings. The molecule has 2 aromatic carbocycles. The molecular weight excluding hydrogens is 340 g/mol. The fraction of sp³-hybridized carbons (Fsp3) is 0.143. The molecule has 0 aliphatic carbocycles. The lowest BCUT2D eigenvalue weighted by Gasteiger charge is -2.10. The van der Waals surface area contributed by atoms with Crippen molar-refractivity contribution in [1.29, 1.82) is 0 Å². The Bertz CT molecular complexity index is 709. The summed E-state index contributed by atoms with van der Waals surface area (Å²) in [6, 6.07) is 12.3. The van der Waals surface area contributed by atoms with Gasteiger partial charge in [0.05, 0.1) is 5.75 Å². The van der Waals surface area contributed by atoms with Gasteiger partial charge in [0, 0.05) is 15.8 Å². The van der Waals surface area contributed by atoms with E-state index in [0.717, 1.165) is 10.0 Å². The van der Waals surface area contributed by atoms with Crippen molar-refractivity contribution in [1.82, 2.24) is 0 Å². The third kappa shape index (κ3) is 3.98. The van der Waals surface area contributed by atoms with E-state index in [1.807, 2.05) is 13.0 Å². The zero-order valence-corrected chi connectivity index (χ0v) is 13.3. The first-order valence-corrected chi connectivity index (χ1v) is 8.41. The number of benzene rings is 2. The smallest absolute Gasteiger partial charge is 0.236 e. The van der Waals surface area contributed by atoms with E-state index in [1.165, 1.54) is 0 Å². The van der Waals surface area contributed by atoms with Crippen LogP contribution in [-0.4, -0.2) is 8.42 Å². The predicted octanol–water partition coefficient (Wildman–Crippen LogP) is 3.28. The number of nitrogen functional groups attached to an aromatic ring is 1. The van der Waals surface area contributed by atoms with Crippen LogP contribution in [0.15, 0.2) is 46.9 Å². The number of para-hydroxylation sites is 1. The maximum atomic E-state index is 12.2. The summed E-state index contributed by atoms with van der Waals surface area (Å²) >= 11 is 3.34. The summed E-state index contributed by atoms with van der Waals surface area (Å²) in [6.07, 6.45) is 0. The maximum Gasteiger partial charge on any atom is 0.236 e. The van der Waals surface area contributed by atoms with E-state index in [-0.39, 0.29) is 5.75 Å². The van der Waals surface area contributed by atoms with Gasteiger partial charge in [0.1, 0.15) is 0 Å². The third-order valence-corrected chi connectivity index (χ3v) is 4.41. The van der Waals surface area contributed by atoms with Gasteiger partial charge in [0.2, 0.25) is 10.0 Å². The number of nitrogens with two attached hydrogens (primary N) is 1. The largest absolute Gasteiger partial charge is 0.398 e. The Hall–Kier alpha value is -1.53. The molecule has 0 atom stereocenters. The average Bonchev–Trinajstić information content (AvgIpc) is 2.29. The predicted molar refractivity (Wildman–Crippen MR) is 86.0 cm³/mol. The molecule has 3 N–H and O–H groups in total. The van der Waals surface area contributed by atoms with Crippen molar-refractivity contribution in [2.75, 3.05) is 10.5 Å². The Balaban J connectivity index is 2.21. The van der Waals surface area contributed by atoms with Gasteiger partial charge in [-0.15, -0.1) is 0 Å². The highest BCUT2D eigenvalue weighted by molar-refractivity contribution is 9.10. The van der Waals surface area contributed by atoms with Gasteiger partial charge in [-0.2, -0.15) is 0 Å². The van der Waals surface area contributed by atoms with Crippen LogP contribution in [0, 0.1) is 6.92 Å². The topological polar surface area (TPSA) is 72.2 Å². The van der Waals surface area contributed by atoms with Gasteiger partial charge in [-0.05, 0) is 42.3 Å². The van der Waals surface area contributed by atoms with Crippen LogP contribution in [0.25, 0.3) is 0 Å². The summed E-state index contributed by atoms with van der Waals surface area (Å²) in [5.41, 5.74) is 8.34. The summed E-state index contributed by atoms with van der Waals surface area (Å²) < 4.78 is 27.7. The van der Waals surface area contributed by atoms with Gasteiger partial charge >= 0.3 is 0 Å². The molecule has 0 amide bonds. The molecule has 0 saturated carbocycles. The SMILES string of the molecule is Cc1cc(Br)cc(NS(=O)(=O)Cc2ccccc2N)c1. The molecule has 0 aliphatic rings. The monoisotopic (exact) mass is 354 g/mol.